The third-order valence-corrected chi connectivity index (χ3v) is 3.65. The fourth-order valence-corrected chi connectivity index (χ4v) is 2.53. The van der Waals surface area contributed by atoms with Crippen molar-refractivity contribution < 1.29 is 4.79 Å². The highest BCUT2D eigenvalue weighted by molar-refractivity contribution is 5.76. The van der Waals surface area contributed by atoms with Gasteiger partial charge < -0.3 is 9.47 Å². The van der Waals surface area contributed by atoms with Gasteiger partial charge in [0, 0.05) is 32.3 Å². The fraction of sp³-hybridized carbons (Fsp3) is 0.765. The maximum absolute atomic E-state index is 12.1. The number of rotatable bonds is 12. The number of carbonyl (C=O) groups excluding carboxylic acids is 1. The Hall–Kier alpha value is -1.32. The Kier molecular flexibility index (Phi) is 9.58. The molecule has 0 saturated carbocycles. The molecule has 0 saturated heterocycles. The summed E-state index contributed by atoms with van der Waals surface area (Å²) in [5.41, 5.74) is 0. The van der Waals surface area contributed by atoms with Gasteiger partial charge in [-0.3, -0.25) is 4.79 Å². The molecule has 0 fully saturated rings. The van der Waals surface area contributed by atoms with E-state index in [-0.39, 0.29) is 0 Å². The van der Waals surface area contributed by atoms with E-state index in [0.717, 1.165) is 51.7 Å². The van der Waals surface area contributed by atoms with Crippen molar-refractivity contribution in [1.82, 2.24) is 14.5 Å². The number of imidazole rings is 1. The molecule has 21 heavy (non-hydrogen) atoms. The molecule has 0 atom stereocenters. The van der Waals surface area contributed by atoms with Crippen LogP contribution < -0.4 is 0 Å². The molecule has 119 valence electrons. The van der Waals surface area contributed by atoms with Crippen LogP contribution in [0.4, 0.5) is 0 Å². The van der Waals surface area contributed by atoms with Gasteiger partial charge in [0.25, 0.3) is 0 Å². The molecule has 1 aromatic rings. The minimum absolute atomic E-state index is 0.340. The normalized spacial score (nSPS) is 10.8. The van der Waals surface area contributed by atoms with Gasteiger partial charge >= 0.3 is 0 Å². The quantitative estimate of drug-likeness (QED) is 0.551. The van der Waals surface area contributed by atoms with E-state index in [1.165, 1.54) is 19.3 Å². The fourth-order valence-electron chi connectivity index (χ4n) is 2.53. The van der Waals surface area contributed by atoms with Crippen molar-refractivity contribution in [3.05, 3.63) is 18.7 Å². The lowest BCUT2D eigenvalue weighted by Gasteiger charge is -2.21. The maximum atomic E-state index is 12.1. The zero-order valence-electron chi connectivity index (χ0n) is 13.7. The summed E-state index contributed by atoms with van der Waals surface area (Å²) in [7, 11) is 0. The van der Waals surface area contributed by atoms with Gasteiger partial charge in [-0.1, -0.05) is 33.1 Å². The van der Waals surface area contributed by atoms with E-state index < -0.39 is 0 Å². The van der Waals surface area contributed by atoms with Crippen molar-refractivity contribution in [2.24, 2.45) is 0 Å². The second-order valence-electron chi connectivity index (χ2n) is 5.64. The Balaban J connectivity index is 2.00. The number of aryl methyl sites for hydroxylation is 1. The topological polar surface area (TPSA) is 38.1 Å². The van der Waals surface area contributed by atoms with E-state index in [9.17, 15) is 4.79 Å². The minimum Gasteiger partial charge on any atom is -0.343 e. The molecule has 4 heteroatoms. The predicted octanol–water partition coefficient (Wildman–Crippen LogP) is 3.67. The van der Waals surface area contributed by atoms with Crippen LogP contribution in [0.1, 0.15) is 65.2 Å². The lowest BCUT2D eigenvalue weighted by Crippen LogP contribution is -2.32. The number of amides is 1. The molecule has 1 rings (SSSR count). The van der Waals surface area contributed by atoms with Crippen molar-refractivity contribution >= 4 is 5.91 Å². The van der Waals surface area contributed by atoms with E-state index in [0.29, 0.717) is 5.91 Å². The summed E-state index contributed by atoms with van der Waals surface area (Å²) in [5, 5.41) is 0. The van der Waals surface area contributed by atoms with Crippen molar-refractivity contribution in [3.8, 4) is 0 Å². The van der Waals surface area contributed by atoms with Crippen LogP contribution in [-0.2, 0) is 11.3 Å². The first kappa shape index (κ1) is 17.7. The molecule has 0 N–H and O–H groups in total. The van der Waals surface area contributed by atoms with Crippen LogP contribution in [-0.4, -0.2) is 33.4 Å². The van der Waals surface area contributed by atoms with Crippen molar-refractivity contribution in [3.63, 3.8) is 0 Å². The van der Waals surface area contributed by atoms with Crippen LogP contribution in [0.5, 0.6) is 0 Å². The number of nitrogens with zero attached hydrogens (tertiary/aromatic N) is 3. The van der Waals surface area contributed by atoms with Crippen LogP contribution in [0.25, 0.3) is 0 Å². The zero-order chi connectivity index (χ0) is 15.3. The number of carbonyl (C=O) groups is 1. The summed E-state index contributed by atoms with van der Waals surface area (Å²) in [5.74, 6) is 0.340. The van der Waals surface area contributed by atoms with Crippen LogP contribution >= 0.6 is 0 Å². The Morgan fingerprint density at radius 2 is 1.76 bits per heavy atom. The molecule has 0 aliphatic carbocycles. The second kappa shape index (κ2) is 11.4. The standard InChI is InChI=1S/C17H30N3O/c1-3-12-20(13-4-2)17(21)10-8-6-5-7-9-14-19-15-11-18-16-19/h15-16H,3-10,12-14H2,1-2H3. The highest BCUT2D eigenvalue weighted by atomic mass is 16.2. The van der Waals surface area contributed by atoms with Gasteiger partial charge in [0.15, 0.2) is 0 Å². The van der Waals surface area contributed by atoms with E-state index >= 15 is 0 Å². The van der Waals surface area contributed by atoms with E-state index in [1.807, 2.05) is 17.4 Å². The zero-order valence-corrected chi connectivity index (χ0v) is 13.7. The van der Waals surface area contributed by atoms with Gasteiger partial charge in [-0.25, -0.2) is 4.98 Å². The van der Waals surface area contributed by atoms with E-state index in [2.05, 4.69) is 29.6 Å². The molecule has 1 radical (unpaired) electrons. The largest absolute Gasteiger partial charge is 0.343 e. The van der Waals surface area contributed by atoms with Crippen molar-refractivity contribution in [2.45, 2.75) is 71.8 Å². The molecule has 4 nitrogen and oxygen atoms in total. The van der Waals surface area contributed by atoms with Crippen molar-refractivity contribution in [1.29, 1.82) is 0 Å². The number of unbranched alkanes of at least 4 members (excludes halogenated alkanes) is 4. The van der Waals surface area contributed by atoms with Crippen LogP contribution in [0.15, 0.2) is 12.5 Å². The Morgan fingerprint density at radius 1 is 1.10 bits per heavy atom. The summed E-state index contributed by atoms with van der Waals surface area (Å²) in [6, 6.07) is 0. The molecule has 0 unspecified atom stereocenters. The third-order valence-electron chi connectivity index (χ3n) is 3.65. The molecular formula is C17H30N3O. The first-order valence-electron chi connectivity index (χ1n) is 8.43. The molecule has 1 heterocycles. The summed E-state index contributed by atoms with van der Waals surface area (Å²) < 4.78 is 2.07. The van der Waals surface area contributed by atoms with Gasteiger partial charge in [0.1, 0.15) is 6.20 Å². The van der Waals surface area contributed by atoms with Gasteiger partial charge in [-0.05, 0) is 25.7 Å². The molecule has 0 aliphatic rings. The van der Waals surface area contributed by atoms with E-state index in [4.69, 9.17) is 0 Å². The van der Waals surface area contributed by atoms with Crippen molar-refractivity contribution in [2.75, 3.05) is 13.1 Å². The number of aromatic nitrogens is 2. The summed E-state index contributed by atoms with van der Waals surface area (Å²) in [6.07, 6.45) is 15.1. The number of hydrogen-bond donors (Lipinski definition) is 0. The average molecular weight is 292 g/mol. The van der Waals surface area contributed by atoms with Gasteiger partial charge in [-0.15, -0.1) is 0 Å². The lowest BCUT2D eigenvalue weighted by atomic mass is 10.1. The molecule has 1 amide bonds. The van der Waals surface area contributed by atoms with E-state index in [1.54, 1.807) is 0 Å². The molecular weight excluding hydrogens is 262 g/mol. The minimum atomic E-state index is 0.340. The SMILES string of the molecule is CCCN(CCC)C(=O)CCCCCCCn1c[c]nc1. The molecule has 0 aromatic carbocycles. The van der Waals surface area contributed by atoms with Gasteiger partial charge in [0.2, 0.25) is 5.91 Å². The first-order valence-corrected chi connectivity index (χ1v) is 8.43. The monoisotopic (exact) mass is 292 g/mol. The molecule has 0 spiro atoms. The third kappa shape index (κ3) is 7.88. The maximum Gasteiger partial charge on any atom is 0.222 e. The van der Waals surface area contributed by atoms with Crippen LogP contribution in [0.3, 0.4) is 0 Å². The smallest absolute Gasteiger partial charge is 0.222 e. The second-order valence-corrected chi connectivity index (χ2v) is 5.64. The first-order chi connectivity index (χ1) is 10.3. The van der Waals surface area contributed by atoms with Gasteiger partial charge in [-0.2, -0.15) is 0 Å². The van der Waals surface area contributed by atoms with Crippen LogP contribution in [0, 0.1) is 6.20 Å². The lowest BCUT2D eigenvalue weighted by molar-refractivity contribution is -0.131. The number of hydrogen-bond acceptors (Lipinski definition) is 2. The Labute approximate surface area is 129 Å². The Morgan fingerprint density at radius 3 is 2.38 bits per heavy atom. The van der Waals surface area contributed by atoms with Crippen LogP contribution in [0.2, 0.25) is 0 Å². The summed E-state index contributed by atoms with van der Waals surface area (Å²) in [6.45, 7) is 7.11. The summed E-state index contributed by atoms with van der Waals surface area (Å²) in [4.78, 5) is 18.0. The highest BCUT2D eigenvalue weighted by Crippen LogP contribution is 2.09. The predicted molar refractivity (Wildman–Crippen MR) is 85.9 cm³/mol. The average Bonchev–Trinajstić information content (AvgIpc) is 2.99. The molecule has 1 aromatic heterocycles. The van der Waals surface area contributed by atoms with Gasteiger partial charge in [0.05, 0.1) is 6.33 Å². The Bertz CT molecular complexity index is 356. The molecule has 0 bridgehead atoms. The highest BCUT2D eigenvalue weighted by Gasteiger charge is 2.10. The molecule has 0 aliphatic heterocycles. The summed E-state index contributed by atoms with van der Waals surface area (Å²) >= 11 is 0.